The standard InChI is InChI=1S/C22H27NO2/c1-17(2)22(24)25-14-13-23(15-20-9-5-18(3)6-10-20)16-21-11-7-19(4)8-12-21/h5-12H,1,13-16H2,2-4H3. The molecule has 0 bridgehead atoms. The van der Waals surface area contributed by atoms with E-state index >= 15 is 0 Å². The molecule has 0 unspecified atom stereocenters. The molecule has 0 aliphatic carbocycles. The maximum Gasteiger partial charge on any atom is 0.333 e. The zero-order chi connectivity index (χ0) is 18.2. The molecule has 0 N–H and O–H groups in total. The van der Waals surface area contributed by atoms with Crippen LogP contribution in [-0.4, -0.2) is 24.0 Å². The van der Waals surface area contributed by atoms with Crippen LogP contribution in [0.1, 0.15) is 29.2 Å². The first-order valence-electron chi connectivity index (χ1n) is 8.60. The van der Waals surface area contributed by atoms with Gasteiger partial charge in [0.15, 0.2) is 0 Å². The van der Waals surface area contributed by atoms with Crippen LogP contribution in [0.2, 0.25) is 0 Å². The minimum absolute atomic E-state index is 0.328. The van der Waals surface area contributed by atoms with Gasteiger partial charge in [-0.1, -0.05) is 66.2 Å². The van der Waals surface area contributed by atoms with E-state index in [9.17, 15) is 4.79 Å². The van der Waals surface area contributed by atoms with Gasteiger partial charge in [-0.15, -0.1) is 0 Å². The highest BCUT2D eigenvalue weighted by Gasteiger charge is 2.10. The van der Waals surface area contributed by atoms with Crippen LogP contribution < -0.4 is 0 Å². The average molecular weight is 337 g/mol. The Labute approximate surface area is 150 Å². The number of hydrogen-bond donors (Lipinski definition) is 0. The van der Waals surface area contributed by atoms with Crippen molar-refractivity contribution in [3.63, 3.8) is 0 Å². The van der Waals surface area contributed by atoms with E-state index in [-0.39, 0.29) is 5.97 Å². The molecule has 3 heteroatoms. The second-order valence-corrected chi connectivity index (χ2v) is 6.60. The van der Waals surface area contributed by atoms with Gasteiger partial charge in [0.05, 0.1) is 0 Å². The number of ether oxygens (including phenoxy) is 1. The van der Waals surface area contributed by atoms with Crippen LogP contribution >= 0.6 is 0 Å². The Kier molecular flexibility index (Phi) is 6.96. The molecule has 3 nitrogen and oxygen atoms in total. The Balaban J connectivity index is 2.01. The lowest BCUT2D eigenvalue weighted by Gasteiger charge is -2.22. The third kappa shape index (κ3) is 6.55. The monoisotopic (exact) mass is 337 g/mol. The molecule has 0 fully saturated rings. The molecule has 0 saturated heterocycles. The second-order valence-electron chi connectivity index (χ2n) is 6.60. The lowest BCUT2D eigenvalue weighted by atomic mass is 10.1. The Morgan fingerprint density at radius 2 is 1.36 bits per heavy atom. The van der Waals surface area contributed by atoms with Crippen LogP contribution in [0, 0.1) is 13.8 Å². The summed E-state index contributed by atoms with van der Waals surface area (Å²) in [7, 11) is 0. The van der Waals surface area contributed by atoms with Crippen molar-refractivity contribution in [1.29, 1.82) is 0 Å². The molecule has 2 aromatic carbocycles. The van der Waals surface area contributed by atoms with E-state index in [4.69, 9.17) is 4.74 Å². The van der Waals surface area contributed by atoms with E-state index < -0.39 is 0 Å². The molecule has 0 radical (unpaired) electrons. The number of hydrogen-bond acceptors (Lipinski definition) is 3. The van der Waals surface area contributed by atoms with Crippen LogP contribution in [0.15, 0.2) is 60.7 Å². The minimum Gasteiger partial charge on any atom is -0.461 e. The summed E-state index contributed by atoms with van der Waals surface area (Å²) >= 11 is 0. The van der Waals surface area contributed by atoms with Crippen molar-refractivity contribution >= 4 is 5.97 Å². The number of benzene rings is 2. The predicted molar refractivity (Wildman–Crippen MR) is 102 cm³/mol. The van der Waals surface area contributed by atoms with Crippen LogP contribution in [0.25, 0.3) is 0 Å². The van der Waals surface area contributed by atoms with Gasteiger partial charge in [0.25, 0.3) is 0 Å². The van der Waals surface area contributed by atoms with Gasteiger partial charge in [0.2, 0.25) is 0 Å². The Morgan fingerprint density at radius 1 is 0.920 bits per heavy atom. The van der Waals surface area contributed by atoms with E-state index in [1.165, 1.54) is 22.3 Å². The van der Waals surface area contributed by atoms with Gasteiger partial charge in [0.1, 0.15) is 6.61 Å². The first kappa shape index (κ1) is 18.9. The van der Waals surface area contributed by atoms with Gasteiger partial charge in [-0.2, -0.15) is 0 Å². The minimum atomic E-state index is -0.328. The summed E-state index contributed by atoms with van der Waals surface area (Å²) in [6, 6.07) is 17.1. The van der Waals surface area contributed by atoms with E-state index in [0.717, 1.165) is 13.1 Å². The van der Waals surface area contributed by atoms with Gasteiger partial charge < -0.3 is 4.74 Å². The zero-order valence-corrected chi connectivity index (χ0v) is 15.4. The molecule has 0 aromatic heterocycles. The molecular formula is C22H27NO2. The molecule has 0 aliphatic heterocycles. The molecule has 0 amide bonds. The number of aryl methyl sites for hydroxylation is 2. The lowest BCUT2D eigenvalue weighted by molar-refractivity contribution is -0.139. The summed E-state index contributed by atoms with van der Waals surface area (Å²) in [4.78, 5) is 13.9. The highest BCUT2D eigenvalue weighted by Crippen LogP contribution is 2.12. The summed E-state index contributed by atoms with van der Waals surface area (Å²) in [5.74, 6) is -0.328. The van der Waals surface area contributed by atoms with Crippen LogP contribution in [-0.2, 0) is 22.6 Å². The van der Waals surface area contributed by atoms with Crippen LogP contribution in [0.4, 0.5) is 0 Å². The molecule has 2 aromatic rings. The van der Waals surface area contributed by atoms with Crippen LogP contribution in [0.5, 0.6) is 0 Å². The Bertz CT molecular complexity index is 654. The van der Waals surface area contributed by atoms with Crippen molar-refractivity contribution in [3.05, 3.63) is 82.9 Å². The fraction of sp³-hybridized carbons (Fsp3) is 0.318. The summed E-state index contributed by atoms with van der Waals surface area (Å²) < 4.78 is 5.27. The molecule has 0 aliphatic rings. The maximum atomic E-state index is 11.6. The molecule has 2 rings (SSSR count). The van der Waals surface area contributed by atoms with Crippen molar-refractivity contribution in [2.75, 3.05) is 13.2 Å². The van der Waals surface area contributed by atoms with E-state index in [2.05, 4.69) is 73.9 Å². The molecule has 0 heterocycles. The highest BCUT2D eigenvalue weighted by molar-refractivity contribution is 5.86. The summed E-state index contributed by atoms with van der Waals surface area (Å²) in [6.45, 7) is 12.1. The first-order valence-corrected chi connectivity index (χ1v) is 8.60. The Hall–Kier alpha value is -2.39. The number of nitrogens with zero attached hydrogens (tertiary/aromatic N) is 1. The summed E-state index contributed by atoms with van der Waals surface area (Å²) in [5.41, 5.74) is 5.45. The molecule has 0 atom stereocenters. The number of carbonyl (C=O) groups excluding carboxylic acids is 1. The molecule has 0 spiro atoms. The fourth-order valence-electron chi connectivity index (χ4n) is 2.51. The van der Waals surface area contributed by atoms with Crippen molar-refractivity contribution in [2.24, 2.45) is 0 Å². The SMILES string of the molecule is C=C(C)C(=O)OCCN(Cc1ccc(C)cc1)Cc1ccc(C)cc1. The van der Waals surface area contributed by atoms with Gasteiger partial charge in [0, 0.05) is 25.2 Å². The molecule has 0 saturated carbocycles. The van der Waals surface area contributed by atoms with E-state index in [0.29, 0.717) is 18.7 Å². The van der Waals surface area contributed by atoms with Crippen molar-refractivity contribution < 1.29 is 9.53 Å². The quantitative estimate of drug-likeness (QED) is 0.527. The fourth-order valence-corrected chi connectivity index (χ4v) is 2.51. The lowest BCUT2D eigenvalue weighted by Crippen LogP contribution is -2.28. The van der Waals surface area contributed by atoms with Crippen molar-refractivity contribution in [2.45, 2.75) is 33.9 Å². The summed E-state index contributed by atoms with van der Waals surface area (Å²) in [5, 5.41) is 0. The smallest absolute Gasteiger partial charge is 0.333 e. The van der Waals surface area contributed by atoms with Crippen molar-refractivity contribution in [1.82, 2.24) is 4.90 Å². The zero-order valence-electron chi connectivity index (χ0n) is 15.4. The number of rotatable bonds is 8. The van der Waals surface area contributed by atoms with Gasteiger partial charge in [-0.3, -0.25) is 4.90 Å². The third-order valence-electron chi connectivity index (χ3n) is 4.04. The molecule has 132 valence electrons. The average Bonchev–Trinajstić information content (AvgIpc) is 2.58. The van der Waals surface area contributed by atoms with Gasteiger partial charge >= 0.3 is 5.97 Å². The number of carbonyl (C=O) groups is 1. The Morgan fingerprint density at radius 3 is 1.76 bits per heavy atom. The largest absolute Gasteiger partial charge is 0.461 e. The van der Waals surface area contributed by atoms with E-state index in [1.807, 2.05) is 0 Å². The normalized spacial score (nSPS) is 10.7. The van der Waals surface area contributed by atoms with Gasteiger partial charge in [-0.05, 0) is 31.9 Å². The maximum absolute atomic E-state index is 11.6. The van der Waals surface area contributed by atoms with E-state index in [1.54, 1.807) is 6.92 Å². The number of esters is 1. The second kappa shape index (κ2) is 9.19. The van der Waals surface area contributed by atoms with Crippen LogP contribution in [0.3, 0.4) is 0 Å². The third-order valence-corrected chi connectivity index (χ3v) is 4.04. The highest BCUT2D eigenvalue weighted by atomic mass is 16.5. The predicted octanol–water partition coefficient (Wildman–Crippen LogP) is 4.42. The molecule has 25 heavy (non-hydrogen) atoms. The first-order chi connectivity index (χ1) is 11.9. The van der Waals surface area contributed by atoms with Crippen molar-refractivity contribution in [3.8, 4) is 0 Å². The van der Waals surface area contributed by atoms with Gasteiger partial charge in [-0.25, -0.2) is 4.79 Å². The molecular weight excluding hydrogens is 310 g/mol. The summed E-state index contributed by atoms with van der Waals surface area (Å²) in [6.07, 6.45) is 0. The topological polar surface area (TPSA) is 29.5 Å².